The predicted molar refractivity (Wildman–Crippen MR) is 109 cm³/mol. The van der Waals surface area contributed by atoms with Gasteiger partial charge in [0.15, 0.2) is 0 Å². The average Bonchev–Trinajstić information content (AvgIpc) is 3.24. The lowest BCUT2D eigenvalue weighted by molar-refractivity contribution is 0.102. The largest absolute Gasteiger partial charge is 0.324 e. The van der Waals surface area contributed by atoms with Crippen molar-refractivity contribution >= 4 is 34.6 Å². The molecule has 4 aromatic rings. The molecule has 0 fully saturated rings. The lowest BCUT2D eigenvalue weighted by atomic mass is 10.2. The Morgan fingerprint density at radius 2 is 1.63 bits per heavy atom. The standard InChI is InChI=1S/C21H16N4OS/c26-20(24-17-7-2-1-3-8-17)15-6-4-9-18(12-15)25-21-22-13-16(14-23-21)19-10-5-11-27-19/h1-14H,(H,24,26)(H,22,23,25). The SMILES string of the molecule is O=C(Nc1ccccc1)c1cccc(Nc2ncc(-c3cccs3)cn2)c1. The Hall–Kier alpha value is -3.51. The number of rotatable bonds is 5. The van der Waals surface area contributed by atoms with Gasteiger partial charge in [-0.15, -0.1) is 11.3 Å². The van der Waals surface area contributed by atoms with Gasteiger partial charge in [-0.1, -0.05) is 30.3 Å². The molecule has 27 heavy (non-hydrogen) atoms. The highest BCUT2D eigenvalue weighted by molar-refractivity contribution is 7.13. The number of carbonyl (C=O) groups excluding carboxylic acids is 1. The van der Waals surface area contributed by atoms with Crippen molar-refractivity contribution in [3.63, 3.8) is 0 Å². The molecule has 0 aliphatic carbocycles. The Kier molecular flexibility index (Phi) is 4.89. The van der Waals surface area contributed by atoms with Crippen molar-refractivity contribution in [3.05, 3.63) is 90.1 Å². The predicted octanol–water partition coefficient (Wildman–Crippen LogP) is 5.20. The van der Waals surface area contributed by atoms with Gasteiger partial charge in [-0.05, 0) is 41.8 Å². The normalized spacial score (nSPS) is 10.4. The molecule has 6 heteroatoms. The fourth-order valence-electron chi connectivity index (χ4n) is 2.55. The summed E-state index contributed by atoms with van der Waals surface area (Å²) in [6.07, 6.45) is 3.57. The van der Waals surface area contributed by atoms with Gasteiger partial charge in [0.1, 0.15) is 0 Å². The summed E-state index contributed by atoms with van der Waals surface area (Å²) in [7, 11) is 0. The van der Waals surface area contributed by atoms with Crippen LogP contribution < -0.4 is 10.6 Å². The maximum absolute atomic E-state index is 12.4. The maximum atomic E-state index is 12.4. The van der Waals surface area contributed by atoms with Gasteiger partial charge in [0, 0.05) is 39.8 Å². The second-order valence-corrected chi connectivity index (χ2v) is 6.75. The van der Waals surface area contributed by atoms with Crippen molar-refractivity contribution in [2.45, 2.75) is 0 Å². The zero-order valence-electron chi connectivity index (χ0n) is 14.3. The first-order valence-electron chi connectivity index (χ1n) is 8.37. The second-order valence-electron chi connectivity index (χ2n) is 5.80. The van der Waals surface area contributed by atoms with E-state index in [9.17, 15) is 4.79 Å². The second kappa shape index (κ2) is 7.80. The summed E-state index contributed by atoms with van der Waals surface area (Å²) >= 11 is 1.65. The molecule has 0 atom stereocenters. The molecule has 132 valence electrons. The lowest BCUT2D eigenvalue weighted by Gasteiger charge is -2.08. The van der Waals surface area contributed by atoms with Gasteiger partial charge < -0.3 is 10.6 Å². The maximum Gasteiger partial charge on any atom is 0.255 e. The number of aromatic nitrogens is 2. The Balaban J connectivity index is 1.47. The van der Waals surface area contributed by atoms with Crippen LogP contribution in [-0.2, 0) is 0 Å². The van der Waals surface area contributed by atoms with Crippen molar-refractivity contribution in [2.75, 3.05) is 10.6 Å². The smallest absolute Gasteiger partial charge is 0.255 e. The number of carbonyl (C=O) groups is 1. The first-order valence-corrected chi connectivity index (χ1v) is 9.25. The van der Waals surface area contributed by atoms with Crippen LogP contribution in [0.1, 0.15) is 10.4 Å². The van der Waals surface area contributed by atoms with Crippen LogP contribution in [0.15, 0.2) is 84.5 Å². The number of benzene rings is 2. The number of nitrogens with one attached hydrogen (secondary N) is 2. The molecule has 2 aromatic heterocycles. The molecule has 0 spiro atoms. The highest BCUT2D eigenvalue weighted by atomic mass is 32.1. The Morgan fingerprint density at radius 1 is 0.852 bits per heavy atom. The van der Waals surface area contributed by atoms with Crippen molar-refractivity contribution in [2.24, 2.45) is 0 Å². The minimum absolute atomic E-state index is 0.168. The molecule has 4 rings (SSSR count). The van der Waals surface area contributed by atoms with E-state index in [1.54, 1.807) is 35.9 Å². The number of hydrogen-bond donors (Lipinski definition) is 2. The molecular formula is C21H16N4OS. The molecule has 0 bridgehead atoms. The van der Waals surface area contributed by atoms with Crippen molar-refractivity contribution in [1.29, 1.82) is 0 Å². The minimum Gasteiger partial charge on any atom is -0.324 e. The molecule has 0 aliphatic heterocycles. The summed E-state index contributed by atoms with van der Waals surface area (Å²) in [5.74, 6) is 0.315. The average molecular weight is 372 g/mol. The van der Waals surface area contributed by atoms with Gasteiger partial charge >= 0.3 is 0 Å². The summed E-state index contributed by atoms with van der Waals surface area (Å²) in [6.45, 7) is 0. The molecule has 0 aliphatic rings. The number of nitrogens with zero attached hydrogens (tertiary/aromatic N) is 2. The summed E-state index contributed by atoms with van der Waals surface area (Å²) in [6, 6.07) is 20.6. The molecule has 5 nitrogen and oxygen atoms in total. The number of thiophene rings is 1. The highest BCUT2D eigenvalue weighted by Crippen LogP contribution is 2.24. The van der Waals surface area contributed by atoms with E-state index in [4.69, 9.17) is 0 Å². The number of para-hydroxylation sites is 1. The van der Waals surface area contributed by atoms with Crippen LogP contribution in [0.4, 0.5) is 17.3 Å². The van der Waals surface area contributed by atoms with Crippen LogP contribution in [0.5, 0.6) is 0 Å². The molecule has 1 amide bonds. The molecule has 2 N–H and O–H groups in total. The third kappa shape index (κ3) is 4.19. The Morgan fingerprint density at radius 3 is 2.37 bits per heavy atom. The molecular weight excluding hydrogens is 356 g/mol. The minimum atomic E-state index is -0.168. The molecule has 0 unspecified atom stereocenters. The Bertz CT molecular complexity index is 1030. The molecule has 2 heterocycles. The highest BCUT2D eigenvalue weighted by Gasteiger charge is 2.08. The van der Waals surface area contributed by atoms with Crippen molar-refractivity contribution < 1.29 is 4.79 Å². The fraction of sp³-hybridized carbons (Fsp3) is 0. The molecule has 0 saturated heterocycles. The molecule has 0 saturated carbocycles. The van der Waals surface area contributed by atoms with Crippen LogP contribution in [0.2, 0.25) is 0 Å². The van der Waals surface area contributed by atoms with Crippen LogP contribution in [-0.4, -0.2) is 15.9 Å². The van der Waals surface area contributed by atoms with Gasteiger partial charge in [-0.2, -0.15) is 0 Å². The van der Waals surface area contributed by atoms with Crippen molar-refractivity contribution in [3.8, 4) is 10.4 Å². The van der Waals surface area contributed by atoms with E-state index < -0.39 is 0 Å². The zero-order valence-corrected chi connectivity index (χ0v) is 15.1. The third-order valence-electron chi connectivity index (χ3n) is 3.87. The van der Waals surface area contributed by atoms with E-state index >= 15 is 0 Å². The molecule has 2 aromatic carbocycles. The Labute approximate surface area is 160 Å². The number of hydrogen-bond acceptors (Lipinski definition) is 5. The van der Waals surface area contributed by atoms with E-state index in [-0.39, 0.29) is 5.91 Å². The van der Waals surface area contributed by atoms with Crippen LogP contribution in [0.3, 0.4) is 0 Å². The first-order chi connectivity index (χ1) is 13.3. The van der Waals surface area contributed by atoms with Gasteiger partial charge in [-0.25, -0.2) is 9.97 Å². The van der Waals surface area contributed by atoms with E-state index in [0.717, 1.165) is 21.8 Å². The van der Waals surface area contributed by atoms with Gasteiger partial charge in [0.05, 0.1) is 0 Å². The summed E-state index contributed by atoms with van der Waals surface area (Å²) < 4.78 is 0. The van der Waals surface area contributed by atoms with Crippen molar-refractivity contribution in [1.82, 2.24) is 9.97 Å². The fourth-order valence-corrected chi connectivity index (χ4v) is 3.26. The van der Waals surface area contributed by atoms with Gasteiger partial charge in [0.25, 0.3) is 5.91 Å². The number of amides is 1. The van der Waals surface area contributed by atoms with Crippen LogP contribution in [0, 0.1) is 0 Å². The van der Waals surface area contributed by atoms with E-state index in [1.165, 1.54) is 0 Å². The first kappa shape index (κ1) is 16.9. The van der Waals surface area contributed by atoms with E-state index in [0.29, 0.717) is 11.5 Å². The van der Waals surface area contributed by atoms with Gasteiger partial charge in [0.2, 0.25) is 5.95 Å². The van der Waals surface area contributed by atoms with Crippen LogP contribution in [0.25, 0.3) is 10.4 Å². The quantitative estimate of drug-likeness (QED) is 0.505. The molecule has 0 radical (unpaired) electrons. The third-order valence-corrected chi connectivity index (χ3v) is 4.79. The lowest BCUT2D eigenvalue weighted by Crippen LogP contribution is -2.12. The van der Waals surface area contributed by atoms with E-state index in [2.05, 4.69) is 20.6 Å². The summed E-state index contributed by atoms with van der Waals surface area (Å²) in [4.78, 5) is 22.3. The summed E-state index contributed by atoms with van der Waals surface area (Å²) in [5.41, 5.74) is 3.04. The van der Waals surface area contributed by atoms with Crippen LogP contribution >= 0.6 is 11.3 Å². The topological polar surface area (TPSA) is 66.9 Å². The van der Waals surface area contributed by atoms with Gasteiger partial charge in [-0.3, -0.25) is 4.79 Å². The monoisotopic (exact) mass is 372 g/mol. The zero-order chi connectivity index (χ0) is 18.5. The van der Waals surface area contributed by atoms with E-state index in [1.807, 2.05) is 60.0 Å². The summed E-state index contributed by atoms with van der Waals surface area (Å²) in [5, 5.41) is 8.03. The number of anilines is 3.